The van der Waals surface area contributed by atoms with E-state index in [1.165, 1.54) is 0 Å². The highest BCUT2D eigenvalue weighted by Crippen LogP contribution is 2.32. The van der Waals surface area contributed by atoms with Crippen LogP contribution >= 0.6 is 22.9 Å². The van der Waals surface area contributed by atoms with Crippen LogP contribution in [0, 0.1) is 6.92 Å². The molecule has 0 aliphatic carbocycles. The normalized spacial score (nSPS) is 12.8. The molecule has 0 saturated heterocycles. The zero-order valence-corrected chi connectivity index (χ0v) is 17.5. The first-order valence-corrected chi connectivity index (χ1v) is 10.4. The highest BCUT2D eigenvalue weighted by atomic mass is 35.5. The number of hydrogen-bond acceptors (Lipinski definition) is 5. The van der Waals surface area contributed by atoms with Crippen molar-refractivity contribution in [2.45, 2.75) is 26.9 Å². The van der Waals surface area contributed by atoms with Crippen molar-refractivity contribution >= 4 is 48.8 Å². The summed E-state index contributed by atoms with van der Waals surface area (Å²) in [4.78, 5) is 15.3. The van der Waals surface area contributed by atoms with E-state index >= 15 is 0 Å². The number of hydrogen-bond donors (Lipinski definition) is 2. The zero-order chi connectivity index (χ0) is 19.6. The van der Waals surface area contributed by atoms with Crippen LogP contribution in [0.4, 0.5) is 5.69 Å². The van der Waals surface area contributed by atoms with Crippen molar-refractivity contribution < 1.29 is 5.11 Å². The maximum absolute atomic E-state index is 13.2. The smallest absolute Gasteiger partial charge is 0.198 e. The lowest BCUT2D eigenvalue weighted by molar-refractivity contribution is 0.128. The number of anilines is 1. The molecule has 4 nitrogen and oxygen atoms in total. The largest absolute Gasteiger partial charge is 0.390 e. The first kappa shape index (κ1) is 20.1. The van der Waals surface area contributed by atoms with Gasteiger partial charge in [-0.1, -0.05) is 31.5 Å². The molecule has 0 radical (unpaired) electrons. The predicted molar refractivity (Wildman–Crippen MR) is 118 cm³/mol. The molecule has 1 unspecified atom stereocenters. The molecule has 0 aliphatic heterocycles. The van der Waals surface area contributed by atoms with Gasteiger partial charge < -0.3 is 15.3 Å². The van der Waals surface area contributed by atoms with Crippen LogP contribution in [0.25, 0.3) is 20.2 Å². The fourth-order valence-corrected chi connectivity index (χ4v) is 4.60. The average Bonchev–Trinajstić information content (AvgIpc) is 2.66. The molecular formula is C21H25ClN2O2S. The number of aliphatic hydroxyl groups is 1. The van der Waals surface area contributed by atoms with Crippen molar-refractivity contribution in [3.63, 3.8) is 0 Å². The number of aryl methyl sites for hydroxylation is 1. The Labute approximate surface area is 168 Å². The molecule has 3 rings (SSSR count). The van der Waals surface area contributed by atoms with Crippen molar-refractivity contribution in [3.05, 3.63) is 51.1 Å². The van der Waals surface area contributed by atoms with Gasteiger partial charge in [-0.2, -0.15) is 0 Å². The topological polar surface area (TPSA) is 52.6 Å². The summed E-state index contributed by atoms with van der Waals surface area (Å²) < 4.78 is 1.90. The van der Waals surface area contributed by atoms with E-state index in [1.807, 2.05) is 31.2 Å². The Morgan fingerprint density at radius 2 is 1.96 bits per heavy atom. The van der Waals surface area contributed by atoms with Crippen LogP contribution in [0.15, 0.2) is 35.1 Å². The van der Waals surface area contributed by atoms with Crippen LogP contribution in [0.5, 0.6) is 0 Å². The van der Waals surface area contributed by atoms with Crippen molar-refractivity contribution in [3.8, 4) is 0 Å². The highest BCUT2D eigenvalue weighted by molar-refractivity contribution is 7.24. The molecule has 0 bridgehead atoms. The molecule has 27 heavy (non-hydrogen) atoms. The van der Waals surface area contributed by atoms with Crippen LogP contribution in [0.3, 0.4) is 0 Å². The summed E-state index contributed by atoms with van der Waals surface area (Å²) in [5.74, 6) is 0. The molecule has 0 amide bonds. The Bertz CT molecular complexity index is 1010. The molecule has 144 valence electrons. The second-order valence-electron chi connectivity index (χ2n) is 6.73. The first-order valence-electron chi connectivity index (χ1n) is 9.24. The molecule has 0 fully saturated rings. The van der Waals surface area contributed by atoms with E-state index in [0.29, 0.717) is 28.9 Å². The minimum atomic E-state index is -0.505. The Kier molecular flexibility index (Phi) is 6.37. The van der Waals surface area contributed by atoms with Crippen LogP contribution in [0.1, 0.15) is 19.4 Å². The number of fused-ring (bicyclic) bond motifs is 2. The fraction of sp³-hybridized carbons (Fsp3) is 0.381. The van der Waals surface area contributed by atoms with Gasteiger partial charge in [0.15, 0.2) is 5.43 Å². The maximum atomic E-state index is 13.2. The number of rotatable bonds is 7. The maximum Gasteiger partial charge on any atom is 0.198 e. The van der Waals surface area contributed by atoms with E-state index < -0.39 is 6.10 Å². The van der Waals surface area contributed by atoms with E-state index in [-0.39, 0.29) is 5.43 Å². The van der Waals surface area contributed by atoms with Crippen molar-refractivity contribution in [1.82, 2.24) is 4.90 Å². The van der Waals surface area contributed by atoms with Gasteiger partial charge in [-0.15, -0.1) is 11.3 Å². The Morgan fingerprint density at radius 1 is 1.22 bits per heavy atom. The molecular weight excluding hydrogens is 380 g/mol. The number of aliphatic hydroxyl groups excluding tert-OH is 1. The standard InChI is InChI=1S/C21H25ClN2O2S/c1-4-24(5-2)12-15(25)11-23-17-8-6-13(3)21-19(17)20(26)16-10-14(22)7-9-18(16)27-21/h6-10,15,23,25H,4-5,11-12H2,1-3H3. The van der Waals surface area contributed by atoms with E-state index in [4.69, 9.17) is 11.6 Å². The number of likely N-dealkylation sites (N-methyl/N-ethyl adjacent to an activating group) is 1. The van der Waals surface area contributed by atoms with Crippen molar-refractivity contribution in [1.29, 1.82) is 0 Å². The third kappa shape index (κ3) is 4.27. The van der Waals surface area contributed by atoms with Crippen LogP contribution in [-0.2, 0) is 0 Å². The fourth-order valence-electron chi connectivity index (χ4n) is 3.28. The van der Waals surface area contributed by atoms with Crippen molar-refractivity contribution in [2.24, 2.45) is 0 Å². The Hall–Kier alpha value is -1.66. The van der Waals surface area contributed by atoms with E-state index in [1.54, 1.807) is 17.4 Å². The average molecular weight is 405 g/mol. The summed E-state index contributed by atoms with van der Waals surface area (Å²) in [7, 11) is 0. The van der Waals surface area contributed by atoms with E-state index in [9.17, 15) is 9.90 Å². The lowest BCUT2D eigenvalue weighted by Gasteiger charge is -2.22. The minimum absolute atomic E-state index is 0.0225. The van der Waals surface area contributed by atoms with Gasteiger partial charge in [0.1, 0.15) is 0 Å². The predicted octanol–water partition coefficient (Wildman–Crippen LogP) is 4.49. The molecule has 1 atom stereocenters. The molecule has 0 spiro atoms. The van der Waals surface area contributed by atoms with Crippen LogP contribution in [0.2, 0.25) is 5.02 Å². The van der Waals surface area contributed by atoms with Gasteiger partial charge in [-0.25, -0.2) is 0 Å². The number of nitrogens with one attached hydrogen (secondary N) is 1. The molecule has 6 heteroatoms. The van der Waals surface area contributed by atoms with Crippen molar-refractivity contribution in [2.75, 3.05) is 31.5 Å². The molecule has 2 N–H and O–H groups in total. The molecule has 1 heterocycles. The number of halogens is 1. The lowest BCUT2D eigenvalue weighted by Crippen LogP contribution is -2.36. The molecule has 0 aliphatic rings. The van der Waals surface area contributed by atoms with Gasteiger partial charge in [-0.05, 0) is 49.8 Å². The molecule has 2 aromatic carbocycles. The summed E-state index contributed by atoms with van der Waals surface area (Å²) in [6, 6.07) is 9.38. The third-order valence-electron chi connectivity index (χ3n) is 4.87. The molecule has 3 aromatic rings. The number of benzene rings is 2. The van der Waals surface area contributed by atoms with E-state index in [0.717, 1.165) is 33.7 Å². The highest BCUT2D eigenvalue weighted by Gasteiger charge is 2.14. The third-order valence-corrected chi connectivity index (χ3v) is 6.41. The summed E-state index contributed by atoms with van der Waals surface area (Å²) in [5, 5.41) is 15.5. The van der Waals surface area contributed by atoms with Gasteiger partial charge in [0, 0.05) is 38.6 Å². The van der Waals surface area contributed by atoms with Crippen LogP contribution in [-0.4, -0.2) is 42.3 Å². The summed E-state index contributed by atoms with van der Waals surface area (Å²) >= 11 is 7.70. The van der Waals surface area contributed by atoms with Gasteiger partial charge in [0.25, 0.3) is 0 Å². The Balaban J connectivity index is 1.98. The second-order valence-corrected chi connectivity index (χ2v) is 8.22. The summed E-state index contributed by atoms with van der Waals surface area (Å²) in [6.07, 6.45) is -0.505. The minimum Gasteiger partial charge on any atom is -0.390 e. The molecule has 1 aromatic heterocycles. The van der Waals surface area contributed by atoms with Gasteiger partial charge in [0.2, 0.25) is 0 Å². The summed E-state index contributed by atoms with van der Waals surface area (Å²) in [5.41, 5.74) is 1.81. The summed E-state index contributed by atoms with van der Waals surface area (Å²) in [6.45, 7) is 8.98. The van der Waals surface area contributed by atoms with Gasteiger partial charge in [0.05, 0.1) is 11.5 Å². The van der Waals surface area contributed by atoms with E-state index in [2.05, 4.69) is 24.1 Å². The SMILES string of the molecule is CCN(CC)CC(O)CNc1ccc(C)c2sc3ccc(Cl)cc3c(=O)c12. The van der Waals surface area contributed by atoms with Gasteiger partial charge >= 0.3 is 0 Å². The monoisotopic (exact) mass is 404 g/mol. The second kappa shape index (κ2) is 8.57. The molecule has 0 saturated carbocycles. The van der Waals surface area contributed by atoms with Gasteiger partial charge in [-0.3, -0.25) is 4.79 Å². The zero-order valence-electron chi connectivity index (χ0n) is 15.9. The first-order chi connectivity index (χ1) is 12.9. The quantitative estimate of drug-likeness (QED) is 0.569. The van der Waals surface area contributed by atoms with Crippen LogP contribution < -0.4 is 10.7 Å². The number of nitrogens with zero attached hydrogens (tertiary/aromatic N) is 1. The lowest BCUT2D eigenvalue weighted by atomic mass is 10.1. The Morgan fingerprint density at radius 3 is 2.67 bits per heavy atom.